The predicted octanol–water partition coefficient (Wildman–Crippen LogP) is 2.75. The summed E-state index contributed by atoms with van der Waals surface area (Å²) in [6.07, 6.45) is 10.8. The molecule has 2 atom stereocenters. The minimum atomic E-state index is -4.00. The predicted molar refractivity (Wildman–Crippen MR) is 105 cm³/mol. The minimum Gasteiger partial charge on any atom is -0.357 e. The van der Waals surface area contributed by atoms with Gasteiger partial charge in [-0.3, -0.25) is 4.79 Å². The van der Waals surface area contributed by atoms with Crippen molar-refractivity contribution in [3.8, 4) is 0 Å². The summed E-state index contributed by atoms with van der Waals surface area (Å²) in [6.45, 7) is 0. The molecule has 144 valence electrons. The van der Waals surface area contributed by atoms with Crippen LogP contribution in [0.25, 0.3) is 10.9 Å². The Hall–Kier alpha value is -2.12. The van der Waals surface area contributed by atoms with E-state index in [-0.39, 0.29) is 10.8 Å². The number of allylic oxidation sites excluding steroid dienone is 1. The molecule has 6 nitrogen and oxygen atoms in total. The Morgan fingerprint density at radius 3 is 2.81 bits per heavy atom. The molecule has 2 bridgehead atoms. The topological polar surface area (TPSA) is 105 Å². The molecule has 0 spiro atoms. The third kappa shape index (κ3) is 3.53. The molecule has 4 rings (SSSR count). The molecular formula is C20H25N3O3S. The molecule has 1 aromatic carbocycles. The second-order valence-corrected chi connectivity index (χ2v) is 9.33. The molecule has 1 saturated carbocycles. The molecule has 0 radical (unpaired) electrons. The van der Waals surface area contributed by atoms with Crippen LogP contribution in [0.3, 0.4) is 0 Å². The summed E-state index contributed by atoms with van der Waals surface area (Å²) < 4.78 is 27.9. The number of hydrogen-bond donors (Lipinski definition) is 3. The smallest absolute Gasteiger partial charge is 0.266 e. The number of para-hydroxylation sites is 1. The second kappa shape index (κ2) is 6.80. The first-order valence-electron chi connectivity index (χ1n) is 9.53. The molecule has 1 aliphatic carbocycles. The van der Waals surface area contributed by atoms with Gasteiger partial charge in [0.15, 0.2) is 0 Å². The summed E-state index contributed by atoms with van der Waals surface area (Å²) in [5.41, 5.74) is 6.57. The van der Waals surface area contributed by atoms with Crippen LogP contribution < -0.4 is 10.5 Å². The number of nitrogens with two attached hydrogens (primary N) is 1. The van der Waals surface area contributed by atoms with Gasteiger partial charge < -0.3 is 10.7 Å². The maximum atomic E-state index is 12.9. The van der Waals surface area contributed by atoms with Crippen molar-refractivity contribution in [3.05, 3.63) is 42.1 Å². The van der Waals surface area contributed by atoms with Crippen LogP contribution in [-0.2, 0) is 21.2 Å². The van der Waals surface area contributed by atoms with Crippen LogP contribution >= 0.6 is 0 Å². The molecule has 27 heavy (non-hydrogen) atoms. The highest BCUT2D eigenvalue weighted by molar-refractivity contribution is 7.90. The third-order valence-electron chi connectivity index (χ3n) is 5.61. The minimum absolute atomic E-state index is 0.0836. The molecule has 1 aliphatic heterocycles. The van der Waals surface area contributed by atoms with Crippen molar-refractivity contribution in [3.63, 3.8) is 0 Å². The Bertz CT molecular complexity index is 1010. The number of amides is 1. The van der Waals surface area contributed by atoms with Gasteiger partial charge in [-0.05, 0) is 44.2 Å². The number of rotatable bonds is 0. The lowest BCUT2D eigenvalue weighted by molar-refractivity contribution is -0.121. The molecule has 0 unspecified atom stereocenters. The Morgan fingerprint density at radius 1 is 1.15 bits per heavy atom. The SMILES string of the molecule is N[C@]12C[C@H]1/C=C\CCCCCCc1cc3cccc(c3[nH]1)S(=O)(=O)NC2=O. The van der Waals surface area contributed by atoms with Crippen molar-refractivity contribution in [1.29, 1.82) is 0 Å². The van der Waals surface area contributed by atoms with Gasteiger partial charge in [0.1, 0.15) is 10.4 Å². The number of H-pyrrole nitrogens is 1. The van der Waals surface area contributed by atoms with E-state index in [9.17, 15) is 13.2 Å². The summed E-state index contributed by atoms with van der Waals surface area (Å²) in [5, 5.41) is 0.830. The Kier molecular flexibility index (Phi) is 4.60. The largest absolute Gasteiger partial charge is 0.357 e. The number of nitrogens with one attached hydrogen (secondary N) is 2. The summed E-state index contributed by atoms with van der Waals surface area (Å²) in [6, 6.07) is 7.07. The zero-order valence-electron chi connectivity index (χ0n) is 15.2. The first-order chi connectivity index (χ1) is 12.9. The van der Waals surface area contributed by atoms with Crippen LogP contribution in [0.5, 0.6) is 0 Å². The maximum absolute atomic E-state index is 12.9. The van der Waals surface area contributed by atoms with E-state index in [0.29, 0.717) is 11.9 Å². The zero-order valence-corrected chi connectivity index (χ0v) is 16.0. The fourth-order valence-corrected chi connectivity index (χ4v) is 5.05. The number of aryl methyl sites for hydroxylation is 1. The van der Waals surface area contributed by atoms with Crippen molar-refractivity contribution in [1.82, 2.24) is 9.71 Å². The molecular weight excluding hydrogens is 362 g/mol. The Labute approximate surface area is 159 Å². The zero-order chi connectivity index (χ0) is 19.1. The van der Waals surface area contributed by atoms with Crippen LogP contribution in [0.15, 0.2) is 41.3 Å². The number of carbonyl (C=O) groups excluding carboxylic acids is 1. The number of hydrogen-bond acceptors (Lipinski definition) is 4. The van der Waals surface area contributed by atoms with E-state index in [0.717, 1.165) is 49.6 Å². The van der Waals surface area contributed by atoms with Crippen LogP contribution in [0.1, 0.15) is 44.2 Å². The number of fused-ring (bicyclic) bond motifs is 2. The third-order valence-corrected chi connectivity index (χ3v) is 6.98. The van der Waals surface area contributed by atoms with Gasteiger partial charge in [0.2, 0.25) is 0 Å². The summed E-state index contributed by atoms with van der Waals surface area (Å²) in [4.78, 5) is 15.9. The molecule has 1 aromatic heterocycles. The van der Waals surface area contributed by atoms with Gasteiger partial charge in [-0.15, -0.1) is 0 Å². The highest BCUT2D eigenvalue weighted by atomic mass is 32.2. The van der Waals surface area contributed by atoms with E-state index in [2.05, 4.69) is 15.8 Å². The van der Waals surface area contributed by atoms with Gasteiger partial charge >= 0.3 is 0 Å². The molecule has 7 heteroatoms. The van der Waals surface area contributed by atoms with Crippen LogP contribution in [-0.4, -0.2) is 24.8 Å². The van der Waals surface area contributed by atoms with Gasteiger partial charge in [-0.1, -0.05) is 37.1 Å². The maximum Gasteiger partial charge on any atom is 0.266 e. The van der Waals surface area contributed by atoms with E-state index >= 15 is 0 Å². The van der Waals surface area contributed by atoms with E-state index < -0.39 is 21.5 Å². The fraction of sp³-hybridized carbons (Fsp3) is 0.450. The molecule has 1 amide bonds. The van der Waals surface area contributed by atoms with E-state index in [1.807, 2.05) is 18.2 Å². The fourth-order valence-electron chi connectivity index (χ4n) is 3.81. The second-order valence-electron chi connectivity index (χ2n) is 7.68. The molecule has 2 aromatic rings. The number of benzene rings is 1. The van der Waals surface area contributed by atoms with Crippen molar-refractivity contribution in [2.75, 3.05) is 0 Å². The highest BCUT2D eigenvalue weighted by Gasteiger charge is 2.56. The first kappa shape index (κ1) is 18.3. The van der Waals surface area contributed by atoms with Gasteiger partial charge in [0.25, 0.3) is 15.9 Å². The van der Waals surface area contributed by atoms with Crippen LogP contribution in [0, 0.1) is 5.92 Å². The standard InChI is InChI=1S/C20H25N3O3S/c21-20-13-15(20)9-5-3-1-2-4-6-10-16-12-14-8-7-11-17(18(14)22-16)27(25,26)23-19(20)24/h5,7-9,11-12,15,22H,1-4,6,10,13,21H2,(H,23,24)/b9-5-/t15-,20-/m1/s1. The van der Waals surface area contributed by atoms with Crippen molar-refractivity contribution in [2.24, 2.45) is 11.7 Å². The number of aromatic amines is 1. The van der Waals surface area contributed by atoms with E-state index in [1.165, 1.54) is 6.07 Å². The number of sulfonamides is 1. The summed E-state index contributed by atoms with van der Waals surface area (Å²) in [7, 11) is -4.00. The van der Waals surface area contributed by atoms with Crippen LogP contribution in [0.2, 0.25) is 0 Å². The molecule has 0 saturated heterocycles. The van der Waals surface area contributed by atoms with Gasteiger partial charge in [0.05, 0.1) is 5.52 Å². The Balaban J connectivity index is 1.70. The van der Waals surface area contributed by atoms with Crippen molar-refractivity contribution < 1.29 is 13.2 Å². The summed E-state index contributed by atoms with van der Waals surface area (Å²) >= 11 is 0. The molecule has 2 aliphatic rings. The lowest BCUT2D eigenvalue weighted by atomic mass is 10.1. The lowest BCUT2D eigenvalue weighted by Crippen LogP contribution is -2.46. The van der Waals surface area contributed by atoms with Crippen LogP contribution in [0.4, 0.5) is 0 Å². The van der Waals surface area contributed by atoms with Crippen molar-refractivity contribution in [2.45, 2.75) is 55.4 Å². The van der Waals surface area contributed by atoms with Gasteiger partial charge in [-0.2, -0.15) is 0 Å². The quantitative estimate of drug-likeness (QED) is 0.605. The van der Waals surface area contributed by atoms with E-state index in [4.69, 9.17) is 5.73 Å². The Morgan fingerprint density at radius 2 is 1.96 bits per heavy atom. The van der Waals surface area contributed by atoms with Gasteiger partial charge in [-0.25, -0.2) is 13.1 Å². The average Bonchev–Trinajstić information content (AvgIpc) is 3.10. The lowest BCUT2D eigenvalue weighted by Gasteiger charge is -2.12. The number of aromatic nitrogens is 1. The summed E-state index contributed by atoms with van der Waals surface area (Å²) in [5.74, 6) is -0.735. The first-order valence-corrected chi connectivity index (χ1v) is 11.0. The van der Waals surface area contributed by atoms with E-state index in [1.54, 1.807) is 6.07 Å². The molecule has 2 heterocycles. The highest BCUT2D eigenvalue weighted by Crippen LogP contribution is 2.42. The molecule has 4 N–H and O–H groups in total. The van der Waals surface area contributed by atoms with Gasteiger partial charge in [0, 0.05) is 17.0 Å². The normalized spacial score (nSPS) is 29.7. The number of carbonyl (C=O) groups is 1. The molecule has 1 fully saturated rings. The average molecular weight is 388 g/mol. The van der Waals surface area contributed by atoms with Crippen molar-refractivity contribution >= 4 is 26.8 Å². The monoisotopic (exact) mass is 387 g/mol.